The molecule has 1 aromatic carbocycles. The first-order valence-corrected chi connectivity index (χ1v) is 5.46. The van der Waals surface area contributed by atoms with Crippen molar-refractivity contribution in [3.63, 3.8) is 0 Å². The topological polar surface area (TPSA) is 75.4 Å². The molecule has 0 aliphatic heterocycles. The first kappa shape index (κ1) is 16.3. The minimum atomic E-state index is -0.940. The van der Waals surface area contributed by atoms with Gasteiger partial charge in [0.15, 0.2) is 0 Å². The van der Waals surface area contributed by atoms with Gasteiger partial charge in [0, 0.05) is 4.70 Å². The number of primary amides is 1. The fourth-order valence-electron chi connectivity index (χ4n) is 1.14. The minimum Gasteiger partial charge on any atom is -0.350 e. The number of rotatable bonds is 1. The molecule has 0 saturated heterocycles. The summed E-state index contributed by atoms with van der Waals surface area (Å²) in [6.07, 6.45) is 2.14. The summed E-state index contributed by atoms with van der Waals surface area (Å²) in [6, 6.07) is 9.75. The summed E-state index contributed by atoms with van der Waals surface area (Å²) in [6.45, 7) is 2.07. The van der Waals surface area contributed by atoms with Crippen LogP contribution in [-0.2, 0) is 0 Å². The zero-order valence-corrected chi connectivity index (χ0v) is 12.6. The zero-order chi connectivity index (χ0) is 12.0. The molecule has 2 rings (SSSR count). The number of fused-ring (bicyclic) bond motifs is 1. The number of carbonyl (C=O) groups is 1. The van der Waals surface area contributed by atoms with Crippen LogP contribution in [0.3, 0.4) is 0 Å². The normalized spacial score (nSPS) is 8.59. The maximum atomic E-state index is 9.23. The summed E-state index contributed by atoms with van der Waals surface area (Å²) in [5, 5.41) is 8.77. The van der Waals surface area contributed by atoms with Crippen molar-refractivity contribution >= 4 is 27.5 Å². The van der Waals surface area contributed by atoms with Crippen LogP contribution in [0.25, 0.3) is 10.1 Å². The summed E-state index contributed by atoms with van der Waals surface area (Å²) in [5.41, 5.74) is 5.46. The van der Waals surface area contributed by atoms with Crippen LogP contribution in [0.5, 0.6) is 0 Å². The third-order valence-electron chi connectivity index (χ3n) is 1.84. The molecule has 0 saturated carbocycles. The van der Waals surface area contributed by atoms with E-state index in [1.807, 2.05) is 11.3 Å². The predicted octanol–water partition coefficient (Wildman–Crippen LogP) is -0.479. The van der Waals surface area contributed by atoms with Crippen molar-refractivity contribution in [2.45, 2.75) is 6.92 Å². The molecule has 0 unspecified atom stereocenters. The van der Waals surface area contributed by atoms with Crippen molar-refractivity contribution in [1.29, 1.82) is 0 Å². The number of carbonyl (C=O) groups excluding carboxylic acids is 1. The molecule has 0 aliphatic carbocycles. The van der Waals surface area contributed by atoms with Gasteiger partial charge in [-0.2, -0.15) is 17.4 Å². The fraction of sp³-hybridized carbons (Fsp3) is 0.0909. The van der Waals surface area contributed by atoms with Crippen molar-refractivity contribution < 1.29 is 39.6 Å². The van der Waals surface area contributed by atoms with E-state index in [0.717, 1.165) is 0 Å². The van der Waals surface area contributed by atoms with E-state index < -0.39 is 6.03 Å². The number of hydrogen-bond donors (Lipinski definition) is 3. The van der Waals surface area contributed by atoms with Crippen LogP contribution in [0.2, 0.25) is 0 Å². The van der Waals surface area contributed by atoms with Crippen LogP contribution in [0.15, 0.2) is 30.3 Å². The van der Waals surface area contributed by atoms with Crippen molar-refractivity contribution in [3.05, 3.63) is 41.6 Å². The number of urea groups is 1. The summed E-state index contributed by atoms with van der Waals surface area (Å²) in [5.74, 6) is 0. The van der Waals surface area contributed by atoms with E-state index in [0.29, 0.717) is 0 Å². The molecular formula is C11H13N2NaO2S. The molecular weight excluding hydrogens is 247 g/mol. The number of thiophene rings is 1. The Bertz CT molecular complexity index is 440. The Balaban J connectivity index is 0.000000373. The molecule has 0 aliphatic rings. The van der Waals surface area contributed by atoms with Gasteiger partial charge in [0.1, 0.15) is 0 Å². The summed E-state index contributed by atoms with van der Waals surface area (Å²) >= 11 is 1.84. The van der Waals surface area contributed by atoms with E-state index in [-0.39, 0.29) is 29.6 Å². The second-order valence-electron chi connectivity index (χ2n) is 2.95. The Morgan fingerprint density at radius 1 is 1.47 bits per heavy atom. The zero-order valence-electron chi connectivity index (χ0n) is 9.81. The SMILES string of the molecule is C[CH-]c1cc2ccccc2s1.NC(=O)NO.[Na+]. The molecule has 0 bridgehead atoms. The van der Waals surface area contributed by atoms with E-state index >= 15 is 0 Å². The molecule has 4 nitrogen and oxygen atoms in total. The second-order valence-corrected chi connectivity index (χ2v) is 4.07. The van der Waals surface area contributed by atoms with Gasteiger partial charge in [0.05, 0.1) is 0 Å². The molecule has 86 valence electrons. The van der Waals surface area contributed by atoms with Crippen LogP contribution in [0, 0.1) is 6.42 Å². The molecule has 0 radical (unpaired) electrons. The molecule has 0 fully saturated rings. The first-order chi connectivity index (χ1) is 7.67. The van der Waals surface area contributed by atoms with Gasteiger partial charge in [-0.3, -0.25) is 5.21 Å². The summed E-state index contributed by atoms with van der Waals surface area (Å²) in [4.78, 5) is 10.6. The van der Waals surface area contributed by atoms with Crippen molar-refractivity contribution in [2.24, 2.45) is 5.73 Å². The molecule has 2 amide bonds. The Kier molecular flexibility index (Phi) is 8.03. The average Bonchev–Trinajstić information content (AvgIpc) is 2.72. The first-order valence-electron chi connectivity index (χ1n) is 4.65. The van der Waals surface area contributed by atoms with Crippen molar-refractivity contribution in [3.8, 4) is 0 Å². The van der Waals surface area contributed by atoms with Gasteiger partial charge in [-0.1, -0.05) is 23.6 Å². The summed E-state index contributed by atoms with van der Waals surface area (Å²) in [7, 11) is 0. The fourth-order valence-corrected chi connectivity index (χ4v) is 2.09. The van der Waals surface area contributed by atoms with Gasteiger partial charge in [-0.15, -0.1) is 11.8 Å². The number of nitrogens with one attached hydrogen (secondary N) is 1. The van der Waals surface area contributed by atoms with Gasteiger partial charge in [-0.05, 0) is 6.07 Å². The molecule has 1 heterocycles. The Hall–Kier alpha value is -0.720. The van der Waals surface area contributed by atoms with Gasteiger partial charge >= 0.3 is 35.6 Å². The van der Waals surface area contributed by atoms with Crippen LogP contribution in [0.4, 0.5) is 4.79 Å². The predicted molar refractivity (Wildman–Crippen MR) is 65.4 cm³/mol. The van der Waals surface area contributed by atoms with Crippen molar-refractivity contribution in [2.75, 3.05) is 0 Å². The van der Waals surface area contributed by atoms with Gasteiger partial charge in [0.2, 0.25) is 0 Å². The van der Waals surface area contributed by atoms with E-state index in [1.165, 1.54) is 20.4 Å². The number of hydrogen-bond acceptors (Lipinski definition) is 3. The third kappa shape index (κ3) is 5.43. The molecule has 17 heavy (non-hydrogen) atoms. The monoisotopic (exact) mass is 260 g/mol. The molecule has 4 N–H and O–H groups in total. The maximum absolute atomic E-state index is 9.23. The second kappa shape index (κ2) is 8.38. The Morgan fingerprint density at radius 3 is 2.53 bits per heavy atom. The average molecular weight is 260 g/mol. The smallest absolute Gasteiger partial charge is 0.350 e. The number of nitrogens with two attached hydrogens (primary N) is 1. The maximum Gasteiger partial charge on any atom is 1.00 e. The van der Waals surface area contributed by atoms with Crippen molar-refractivity contribution in [1.82, 2.24) is 5.48 Å². The summed E-state index contributed by atoms with van der Waals surface area (Å²) < 4.78 is 1.38. The van der Waals surface area contributed by atoms with E-state index in [9.17, 15) is 4.79 Å². The van der Waals surface area contributed by atoms with E-state index in [2.05, 4.69) is 49.4 Å². The van der Waals surface area contributed by atoms with Gasteiger partial charge < -0.3 is 5.73 Å². The van der Waals surface area contributed by atoms with Gasteiger partial charge in [0.25, 0.3) is 0 Å². The van der Waals surface area contributed by atoms with Gasteiger partial charge in [-0.25, -0.2) is 16.7 Å². The molecule has 1 aromatic heterocycles. The largest absolute Gasteiger partial charge is 1.00 e. The van der Waals surface area contributed by atoms with E-state index in [1.54, 1.807) is 0 Å². The standard InChI is InChI=1S/C10H9S.CH4N2O2.Na/c1-2-9-7-8-5-3-4-6-10(8)11-9;2-1(4)3-5;/h2-7H,1H3;5H,(H3,2,3,4);/q-1;;+1. The van der Waals surface area contributed by atoms with Crippen LogP contribution < -0.4 is 40.8 Å². The molecule has 0 atom stereocenters. The van der Waals surface area contributed by atoms with Crippen LogP contribution >= 0.6 is 11.3 Å². The molecule has 0 spiro atoms. The van der Waals surface area contributed by atoms with Crippen LogP contribution in [0.1, 0.15) is 11.8 Å². The number of hydroxylamine groups is 1. The number of benzene rings is 1. The minimum absolute atomic E-state index is 0. The Morgan fingerprint density at radius 2 is 2.06 bits per heavy atom. The molecule has 6 heteroatoms. The molecule has 2 aromatic rings. The Labute approximate surface area is 126 Å². The third-order valence-corrected chi connectivity index (χ3v) is 3.02. The quantitative estimate of drug-likeness (QED) is 0.280. The number of amides is 2. The van der Waals surface area contributed by atoms with E-state index in [4.69, 9.17) is 5.21 Å². The van der Waals surface area contributed by atoms with Crippen LogP contribution in [-0.4, -0.2) is 11.2 Å².